The summed E-state index contributed by atoms with van der Waals surface area (Å²) in [6.07, 6.45) is 0. The van der Waals surface area contributed by atoms with Crippen molar-refractivity contribution in [3.05, 3.63) is 65.5 Å². The van der Waals surface area contributed by atoms with Crippen molar-refractivity contribution in [1.29, 1.82) is 0 Å². The molecule has 0 saturated heterocycles. The molecule has 0 saturated carbocycles. The first kappa shape index (κ1) is 15.0. The van der Waals surface area contributed by atoms with E-state index in [2.05, 4.69) is 0 Å². The molecule has 0 spiro atoms. The van der Waals surface area contributed by atoms with Gasteiger partial charge in [-0.1, -0.05) is 24.3 Å². The molecule has 0 aromatic heterocycles. The van der Waals surface area contributed by atoms with Crippen LogP contribution < -0.4 is 4.90 Å². The van der Waals surface area contributed by atoms with Gasteiger partial charge in [0.2, 0.25) is 0 Å². The lowest BCUT2D eigenvalue weighted by molar-refractivity contribution is -0.138. The lowest BCUT2D eigenvalue weighted by Gasteiger charge is -2.19. The Bertz CT molecular complexity index is 608. The summed E-state index contributed by atoms with van der Waals surface area (Å²) < 4.78 is 12.9. The quantitative estimate of drug-likeness (QED) is 0.912. The Kier molecular flexibility index (Phi) is 4.58. The van der Waals surface area contributed by atoms with Gasteiger partial charge in [0.1, 0.15) is 5.82 Å². The molecule has 1 N–H and O–H groups in total. The minimum absolute atomic E-state index is 0.251. The van der Waals surface area contributed by atoms with Crippen LogP contribution in [0.15, 0.2) is 48.5 Å². The molecule has 0 fully saturated rings. The standard InChI is InChI=1S/C17H18FNO2/c1-12(17(20)21)14-5-3-13(4-6-14)11-19(2)16-9-7-15(18)8-10-16/h3-10,12H,11H2,1-2H3,(H,20,21). The minimum atomic E-state index is -0.828. The second kappa shape index (κ2) is 6.39. The second-order valence-corrected chi connectivity index (χ2v) is 5.13. The smallest absolute Gasteiger partial charge is 0.310 e. The van der Waals surface area contributed by atoms with Gasteiger partial charge in [-0.3, -0.25) is 4.79 Å². The first-order valence-corrected chi connectivity index (χ1v) is 6.75. The second-order valence-electron chi connectivity index (χ2n) is 5.13. The number of carboxylic acids is 1. The van der Waals surface area contributed by atoms with Gasteiger partial charge in [0.25, 0.3) is 0 Å². The Morgan fingerprint density at radius 2 is 1.71 bits per heavy atom. The van der Waals surface area contributed by atoms with Gasteiger partial charge in [0, 0.05) is 19.3 Å². The molecule has 0 aliphatic carbocycles. The molecule has 2 aromatic carbocycles. The molecule has 4 heteroatoms. The Morgan fingerprint density at radius 3 is 2.24 bits per heavy atom. The number of aliphatic carboxylic acids is 1. The molecule has 0 aliphatic heterocycles. The van der Waals surface area contributed by atoms with Gasteiger partial charge in [-0.25, -0.2) is 4.39 Å². The summed E-state index contributed by atoms with van der Waals surface area (Å²) >= 11 is 0. The zero-order valence-corrected chi connectivity index (χ0v) is 12.1. The van der Waals surface area contributed by atoms with Crippen LogP contribution in [-0.2, 0) is 11.3 Å². The largest absolute Gasteiger partial charge is 0.481 e. The summed E-state index contributed by atoms with van der Waals surface area (Å²) in [4.78, 5) is 12.9. The van der Waals surface area contributed by atoms with Crippen molar-refractivity contribution in [3.8, 4) is 0 Å². The summed E-state index contributed by atoms with van der Waals surface area (Å²) in [5.41, 5.74) is 2.79. The van der Waals surface area contributed by atoms with Crippen molar-refractivity contribution in [1.82, 2.24) is 0 Å². The summed E-state index contributed by atoms with van der Waals surface area (Å²) in [6.45, 7) is 2.34. The van der Waals surface area contributed by atoms with Crippen molar-refractivity contribution in [2.75, 3.05) is 11.9 Å². The maximum absolute atomic E-state index is 12.9. The van der Waals surface area contributed by atoms with E-state index in [4.69, 9.17) is 5.11 Å². The maximum Gasteiger partial charge on any atom is 0.310 e. The highest BCUT2D eigenvalue weighted by atomic mass is 19.1. The summed E-state index contributed by atoms with van der Waals surface area (Å²) in [7, 11) is 1.93. The third kappa shape index (κ3) is 3.81. The van der Waals surface area contributed by atoms with E-state index in [-0.39, 0.29) is 5.82 Å². The van der Waals surface area contributed by atoms with E-state index in [0.29, 0.717) is 6.54 Å². The van der Waals surface area contributed by atoms with Crippen LogP contribution >= 0.6 is 0 Å². The summed E-state index contributed by atoms with van der Waals surface area (Å²) in [6, 6.07) is 13.9. The highest BCUT2D eigenvalue weighted by Crippen LogP contribution is 2.19. The zero-order valence-electron chi connectivity index (χ0n) is 12.1. The van der Waals surface area contributed by atoms with Gasteiger partial charge in [0.05, 0.1) is 5.92 Å². The molecule has 0 radical (unpaired) electrons. The number of anilines is 1. The summed E-state index contributed by atoms with van der Waals surface area (Å²) in [5, 5.41) is 8.98. The SMILES string of the molecule is CC(C(=O)O)c1ccc(CN(C)c2ccc(F)cc2)cc1. The van der Waals surface area contributed by atoms with E-state index in [9.17, 15) is 9.18 Å². The van der Waals surface area contributed by atoms with E-state index in [0.717, 1.165) is 16.8 Å². The van der Waals surface area contributed by atoms with E-state index in [1.807, 2.05) is 36.2 Å². The number of hydrogen-bond donors (Lipinski definition) is 1. The molecule has 0 aliphatic rings. The molecule has 0 bridgehead atoms. The van der Waals surface area contributed by atoms with E-state index >= 15 is 0 Å². The van der Waals surface area contributed by atoms with Gasteiger partial charge in [-0.2, -0.15) is 0 Å². The average Bonchev–Trinajstić information content (AvgIpc) is 2.47. The summed E-state index contributed by atoms with van der Waals surface area (Å²) in [5.74, 6) is -1.58. The lowest BCUT2D eigenvalue weighted by Crippen LogP contribution is -2.16. The van der Waals surface area contributed by atoms with E-state index in [1.165, 1.54) is 12.1 Å². The van der Waals surface area contributed by atoms with Gasteiger partial charge in [-0.05, 0) is 42.3 Å². The number of benzene rings is 2. The predicted molar refractivity (Wildman–Crippen MR) is 81.0 cm³/mol. The fraction of sp³-hybridized carbons (Fsp3) is 0.235. The van der Waals surface area contributed by atoms with Crippen LogP contribution in [0.1, 0.15) is 24.0 Å². The van der Waals surface area contributed by atoms with Crippen LogP contribution in [0.5, 0.6) is 0 Å². The molecular formula is C17H18FNO2. The molecular weight excluding hydrogens is 269 g/mol. The van der Waals surface area contributed by atoms with E-state index in [1.54, 1.807) is 19.1 Å². The van der Waals surface area contributed by atoms with Crippen LogP contribution in [0.2, 0.25) is 0 Å². The maximum atomic E-state index is 12.9. The Morgan fingerprint density at radius 1 is 1.14 bits per heavy atom. The molecule has 21 heavy (non-hydrogen) atoms. The molecule has 1 unspecified atom stereocenters. The fourth-order valence-electron chi connectivity index (χ4n) is 2.12. The fourth-order valence-corrected chi connectivity index (χ4v) is 2.12. The van der Waals surface area contributed by atoms with Gasteiger partial charge >= 0.3 is 5.97 Å². The average molecular weight is 287 g/mol. The molecule has 110 valence electrons. The number of hydrogen-bond acceptors (Lipinski definition) is 2. The monoisotopic (exact) mass is 287 g/mol. The van der Waals surface area contributed by atoms with Gasteiger partial charge in [-0.15, -0.1) is 0 Å². The highest BCUT2D eigenvalue weighted by Gasteiger charge is 2.13. The molecule has 1 atom stereocenters. The van der Waals surface area contributed by atoms with E-state index < -0.39 is 11.9 Å². The third-order valence-electron chi connectivity index (χ3n) is 3.54. The number of carbonyl (C=O) groups is 1. The highest BCUT2D eigenvalue weighted by molar-refractivity contribution is 5.75. The van der Waals surface area contributed by atoms with Crippen molar-refractivity contribution >= 4 is 11.7 Å². The van der Waals surface area contributed by atoms with Crippen molar-refractivity contribution in [2.24, 2.45) is 0 Å². The van der Waals surface area contributed by atoms with Gasteiger partial charge < -0.3 is 10.0 Å². The predicted octanol–water partition coefficient (Wildman–Crippen LogP) is 3.65. The van der Waals surface area contributed by atoms with Crippen LogP contribution in [0.4, 0.5) is 10.1 Å². The van der Waals surface area contributed by atoms with Crippen LogP contribution in [-0.4, -0.2) is 18.1 Å². The number of nitrogens with zero attached hydrogens (tertiary/aromatic N) is 1. The molecule has 0 amide bonds. The number of halogens is 1. The Labute approximate surface area is 123 Å². The lowest BCUT2D eigenvalue weighted by atomic mass is 10.00. The first-order chi connectivity index (χ1) is 9.97. The van der Waals surface area contributed by atoms with Gasteiger partial charge in [0.15, 0.2) is 0 Å². The van der Waals surface area contributed by atoms with Crippen molar-refractivity contribution in [3.63, 3.8) is 0 Å². The van der Waals surface area contributed by atoms with Crippen molar-refractivity contribution in [2.45, 2.75) is 19.4 Å². The normalized spacial score (nSPS) is 12.0. The minimum Gasteiger partial charge on any atom is -0.481 e. The van der Waals surface area contributed by atoms with Crippen LogP contribution in [0.3, 0.4) is 0 Å². The van der Waals surface area contributed by atoms with Crippen molar-refractivity contribution < 1.29 is 14.3 Å². The van der Waals surface area contributed by atoms with Crippen LogP contribution in [0.25, 0.3) is 0 Å². The zero-order chi connectivity index (χ0) is 15.4. The Balaban J connectivity index is 2.06. The third-order valence-corrected chi connectivity index (χ3v) is 3.54. The molecule has 2 aromatic rings. The first-order valence-electron chi connectivity index (χ1n) is 6.75. The number of rotatable bonds is 5. The number of carboxylic acid groups (broad SMARTS) is 1. The molecule has 2 rings (SSSR count). The Hall–Kier alpha value is -2.36. The molecule has 0 heterocycles. The van der Waals surface area contributed by atoms with Crippen LogP contribution in [0, 0.1) is 5.82 Å². The molecule has 3 nitrogen and oxygen atoms in total. The topological polar surface area (TPSA) is 40.5 Å².